The monoisotopic (exact) mass is 339 g/mol. The van der Waals surface area contributed by atoms with Crippen LogP contribution in [0.25, 0.3) is 0 Å². The molecule has 1 aromatic carbocycles. The van der Waals surface area contributed by atoms with Crippen LogP contribution < -0.4 is 4.90 Å². The quantitative estimate of drug-likeness (QED) is 0.290. The second-order valence-corrected chi connectivity index (χ2v) is 6.74. The lowest BCUT2D eigenvalue weighted by Gasteiger charge is -2.21. The molecule has 1 atom stereocenters. The van der Waals surface area contributed by atoms with Gasteiger partial charge in [-0.3, -0.25) is 9.35 Å². The summed E-state index contributed by atoms with van der Waals surface area (Å²) in [5.74, 6) is -1.15. The van der Waals surface area contributed by atoms with Gasteiger partial charge in [-0.25, -0.2) is 4.79 Å². The van der Waals surface area contributed by atoms with Crippen molar-refractivity contribution in [1.82, 2.24) is 0 Å². The van der Waals surface area contributed by atoms with Crippen LogP contribution in [0.5, 0.6) is 0 Å². The number of rotatable bonds is 4. The summed E-state index contributed by atoms with van der Waals surface area (Å²) in [6.45, 7) is 3.14. The van der Waals surface area contributed by atoms with Gasteiger partial charge in [0.1, 0.15) is 5.57 Å². The number of carbonyl (C=O) groups excluding carboxylic acids is 2. The summed E-state index contributed by atoms with van der Waals surface area (Å²) in [7, 11) is -3.08. The first kappa shape index (κ1) is 17.2. The van der Waals surface area contributed by atoms with Crippen molar-refractivity contribution in [1.29, 1.82) is 0 Å². The third kappa shape index (κ3) is 3.43. The summed E-state index contributed by atoms with van der Waals surface area (Å²) in [4.78, 5) is 24.9. The summed E-state index contributed by atoms with van der Waals surface area (Å²) in [6.07, 6.45) is 1.93. The summed E-state index contributed by atoms with van der Waals surface area (Å²) in [6, 6.07) is 4.12. The summed E-state index contributed by atoms with van der Waals surface area (Å²) >= 11 is 0. The lowest BCUT2D eigenvalue weighted by Crippen LogP contribution is -2.26. The van der Waals surface area contributed by atoms with E-state index >= 15 is 0 Å². The average molecular weight is 339 g/mol. The highest BCUT2D eigenvalue weighted by atomic mass is 32.2. The molecular weight excluding hydrogens is 322 g/mol. The van der Waals surface area contributed by atoms with Gasteiger partial charge in [-0.05, 0) is 44.0 Å². The largest absolute Gasteiger partial charge is 0.465 e. The molecule has 1 heterocycles. The van der Waals surface area contributed by atoms with Crippen LogP contribution in [-0.4, -0.2) is 37.9 Å². The smallest absolute Gasteiger partial charge is 0.342 e. The average Bonchev–Trinajstić information content (AvgIpc) is 2.77. The SMILES string of the molecule is COC(=O)/C(=C/N1c2ccc(S(=O)(=O)O)cc2CC1C)C(C)=O. The maximum absolute atomic E-state index is 11.7. The number of Topliss-reactive ketones (excluding diaryl/α,β-unsaturated/α-hetero) is 1. The van der Waals surface area contributed by atoms with Crippen LogP contribution in [0.4, 0.5) is 5.69 Å². The molecule has 1 aliphatic rings. The zero-order chi connectivity index (χ0) is 17.4. The van der Waals surface area contributed by atoms with E-state index in [-0.39, 0.29) is 16.5 Å². The van der Waals surface area contributed by atoms with Crippen molar-refractivity contribution in [3.8, 4) is 0 Å². The van der Waals surface area contributed by atoms with Gasteiger partial charge >= 0.3 is 5.97 Å². The summed E-state index contributed by atoms with van der Waals surface area (Å²) < 4.78 is 36.2. The molecule has 1 unspecified atom stereocenters. The molecule has 7 nitrogen and oxygen atoms in total. The third-order valence-electron chi connectivity index (χ3n) is 3.67. The van der Waals surface area contributed by atoms with Crippen molar-refractivity contribution in [2.75, 3.05) is 12.0 Å². The minimum absolute atomic E-state index is 0.0827. The molecule has 0 bridgehead atoms. The molecule has 0 aromatic heterocycles. The molecule has 124 valence electrons. The summed E-state index contributed by atoms with van der Waals surface area (Å²) in [5, 5.41) is 0. The molecule has 1 N–H and O–H groups in total. The molecule has 2 rings (SSSR count). The van der Waals surface area contributed by atoms with E-state index in [9.17, 15) is 18.0 Å². The molecule has 8 heteroatoms. The number of hydrogen-bond acceptors (Lipinski definition) is 6. The molecule has 1 aromatic rings. The molecule has 0 saturated heterocycles. The van der Waals surface area contributed by atoms with Gasteiger partial charge in [0, 0.05) is 17.9 Å². The van der Waals surface area contributed by atoms with Crippen molar-refractivity contribution in [3.05, 3.63) is 35.5 Å². The Hall–Kier alpha value is -2.19. The molecular formula is C15H17NO6S. The second kappa shape index (κ2) is 6.13. The number of benzene rings is 1. The number of fused-ring (bicyclic) bond motifs is 1. The minimum Gasteiger partial charge on any atom is -0.465 e. The van der Waals surface area contributed by atoms with Crippen LogP contribution >= 0.6 is 0 Å². The zero-order valence-electron chi connectivity index (χ0n) is 12.9. The van der Waals surface area contributed by atoms with E-state index in [1.807, 2.05) is 6.92 Å². The van der Waals surface area contributed by atoms with Crippen molar-refractivity contribution >= 4 is 27.6 Å². The van der Waals surface area contributed by atoms with Gasteiger partial charge in [-0.2, -0.15) is 8.42 Å². The van der Waals surface area contributed by atoms with E-state index in [1.54, 1.807) is 4.90 Å². The number of esters is 1. The number of nitrogens with zero attached hydrogens (tertiary/aromatic N) is 1. The Kier molecular flexibility index (Phi) is 4.58. The Balaban J connectivity index is 2.49. The highest BCUT2D eigenvalue weighted by Gasteiger charge is 2.28. The number of ketones is 1. The number of ether oxygens (including phenoxy) is 1. The van der Waals surface area contributed by atoms with Gasteiger partial charge in [0.2, 0.25) is 0 Å². The zero-order valence-corrected chi connectivity index (χ0v) is 13.8. The van der Waals surface area contributed by atoms with E-state index in [0.717, 1.165) is 0 Å². The van der Waals surface area contributed by atoms with Crippen molar-refractivity contribution in [2.24, 2.45) is 0 Å². The molecule has 23 heavy (non-hydrogen) atoms. The fraction of sp³-hybridized carbons (Fsp3) is 0.333. The number of hydrogen-bond donors (Lipinski definition) is 1. The van der Waals surface area contributed by atoms with Gasteiger partial charge in [0.25, 0.3) is 10.1 Å². The summed E-state index contributed by atoms with van der Waals surface area (Å²) in [5.41, 5.74) is 1.29. The van der Waals surface area contributed by atoms with E-state index in [4.69, 9.17) is 4.55 Å². The van der Waals surface area contributed by atoms with Gasteiger partial charge < -0.3 is 9.64 Å². The predicted octanol–water partition coefficient (Wildman–Crippen LogP) is 1.33. The molecule has 0 fully saturated rings. The first-order chi connectivity index (χ1) is 10.6. The van der Waals surface area contributed by atoms with Crippen molar-refractivity contribution < 1.29 is 27.3 Å². The Morgan fingerprint density at radius 3 is 2.57 bits per heavy atom. The van der Waals surface area contributed by atoms with Crippen LogP contribution in [0.1, 0.15) is 19.4 Å². The van der Waals surface area contributed by atoms with Gasteiger partial charge in [-0.15, -0.1) is 0 Å². The van der Waals surface area contributed by atoms with Gasteiger partial charge in [0.15, 0.2) is 5.78 Å². The van der Waals surface area contributed by atoms with Gasteiger partial charge in [0.05, 0.1) is 12.0 Å². The first-order valence-electron chi connectivity index (χ1n) is 6.85. The lowest BCUT2D eigenvalue weighted by atomic mass is 10.1. The highest BCUT2D eigenvalue weighted by molar-refractivity contribution is 7.85. The van der Waals surface area contributed by atoms with Crippen LogP contribution in [0.3, 0.4) is 0 Å². The fourth-order valence-corrected chi connectivity index (χ4v) is 3.06. The number of carbonyl (C=O) groups is 2. The van der Waals surface area contributed by atoms with E-state index in [0.29, 0.717) is 17.7 Å². The fourth-order valence-electron chi connectivity index (χ4n) is 2.52. The first-order valence-corrected chi connectivity index (χ1v) is 8.29. The predicted molar refractivity (Wildman–Crippen MR) is 82.7 cm³/mol. The molecule has 0 aliphatic carbocycles. The number of anilines is 1. The molecule has 0 saturated carbocycles. The number of methoxy groups -OCH3 is 1. The van der Waals surface area contributed by atoms with E-state index in [2.05, 4.69) is 4.74 Å². The third-order valence-corrected chi connectivity index (χ3v) is 4.52. The highest BCUT2D eigenvalue weighted by Crippen LogP contribution is 2.34. The van der Waals surface area contributed by atoms with Crippen LogP contribution in [0.2, 0.25) is 0 Å². The Morgan fingerprint density at radius 2 is 2.04 bits per heavy atom. The minimum atomic E-state index is -4.28. The Morgan fingerprint density at radius 1 is 1.39 bits per heavy atom. The normalized spacial score (nSPS) is 17.8. The maximum atomic E-state index is 11.7. The second-order valence-electron chi connectivity index (χ2n) is 5.32. The molecule has 0 spiro atoms. The van der Waals surface area contributed by atoms with Crippen LogP contribution in [0.15, 0.2) is 34.9 Å². The van der Waals surface area contributed by atoms with Crippen LogP contribution in [0, 0.1) is 0 Å². The van der Waals surface area contributed by atoms with E-state index < -0.39 is 21.9 Å². The Bertz CT molecular complexity index is 796. The van der Waals surface area contributed by atoms with Crippen LogP contribution in [-0.2, 0) is 30.9 Å². The topological polar surface area (TPSA) is 101 Å². The lowest BCUT2D eigenvalue weighted by molar-refractivity contribution is -0.137. The van der Waals surface area contributed by atoms with E-state index in [1.165, 1.54) is 38.4 Å². The Labute approximate surface area is 134 Å². The molecule has 0 radical (unpaired) electrons. The molecule has 1 aliphatic heterocycles. The van der Waals surface area contributed by atoms with Crippen molar-refractivity contribution in [2.45, 2.75) is 31.2 Å². The van der Waals surface area contributed by atoms with Crippen molar-refractivity contribution in [3.63, 3.8) is 0 Å². The standard InChI is InChI=1S/C15H17NO6S/c1-9-6-11-7-12(23(19,20)21)4-5-14(11)16(9)8-13(10(2)17)15(18)22-3/h4-5,7-9H,6H2,1-3H3,(H,19,20,21)/b13-8+. The molecule has 0 amide bonds. The maximum Gasteiger partial charge on any atom is 0.342 e. The van der Waals surface area contributed by atoms with Gasteiger partial charge in [-0.1, -0.05) is 0 Å².